The van der Waals surface area contributed by atoms with Crippen LogP contribution >= 0.6 is 0 Å². The van der Waals surface area contributed by atoms with Gasteiger partial charge in [-0.2, -0.15) is 0 Å². The van der Waals surface area contributed by atoms with Crippen LogP contribution in [-0.2, 0) is 16.1 Å². The Bertz CT molecular complexity index is 1360. The fourth-order valence-corrected chi connectivity index (χ4v) is 3.51. The summed E-state index contributed by atoms with van der Waals surface area (Å²) in [5.41, 5.74) is -1.59. The van der Waals surface area contributed by atoms with E-state index in [1.165, 1.54) is 24.9 Å². The molecule has 0 radical (unpaired) electrons. The lowest BCUT2D eigenvalue weighted by molar-refractivity contribution is -0.123. The van der Waals surface area contributed by atoms with Crippen LogP contribution in [0.15, 0.2) is 39.9 Å². The van der Waals surface area contributed by atoms with E-state index in [1.807, 2.05) is 0 Å². The number of fused-ring (bicyclic) bond motifs is 1. The van der Waals surface area contributed by atoms with E-state index in [-0.39, 0.29) is 16.6 Å². The number of carbonyl (C=O) groups is 2. The average Bonchev–Trinajstić information content (AvgIpc) is 2.74. The van der Waals surface area contributed by atoms with Crippen molar-refractivity contribution >= 4 is 22.9 Å². The molecule has 1 N–H and O–H groups in total. The molecule has 2 aromatic heterocycles. The van der Waals surface area contributed by atoms with E-state index in [4.69, 9.17) is 9.47 Å². The molecule has 3 rings (SSSR count). The maximum absolute atomic E-state index is 13.6. The summed E-state index contributed by atoms with van der Waals surface area (Å²) in [6.45, 7) is 6.43. The number of aryl methyl sites for hydroxylation is 1. The molecule has 0 atom stereocenters. The molecule has 0 fully saturated rings. The molecule has 0 saturated carbocycles. The number of pyridine rings is 1. The van der Waals surface area contributed by atoms with Crippen molar-refractivity contribution in [2.45, 2.75) is 39.8 Å². The molecule has 3 aromatic rings. The molecule has 0 spiro atoms. The third-order valence-electron chi connectivity index (χ3n) is 4.77. The maximum atomic E-state index is 13.6. The molecular formula is C23H26N4O6. The molecule has 33 heavy (non-hydrogen) atoms. The van der Waals surface area contributed by atoms with Crippen molar-refractivity contribution in [2.75, 3.05) is 14.2 Å². The molecule has 0 aliphatic rings. The minimum atomic E-state index is -0.821. The van der Waals surface area contributed by atoms with E-state index < -0.39 is 35.2 Å². The third-order valence-corrected chi connectivity index (χ3v) is 4.77. The molecule has 1 aromatic carbocycles. The highest BCUT2D eigenvalue weighted by Crippen LogP contribution is 2.24. The first kappa shape index (κ1) is 23.7. The molecule has 0 aliphatic carbocycles. The van der Waals surface area contributed by atoms with Gasteiger partial charge in [0.2, 0.25) is 5.91 Å². The second-order valence-corrected chi connectivity index (χ2v) is 8.48. The highest BCUT2D eigenvalue weighted by molar-refractivity contribution is 6.02. The summed E-state index contributed by atoms with van der Waals surface area (Å²) in [5, 5.41) is 2.59. The predicted octanol–water partition coefficient (Wildman–Crippen LogP) is 1.57. The minimum absolute atomic E-state index is 0.0395. The Kier molecular flexibility index (Phi) is 6.39. The van der Waals surface area contributed by atoms with Crippen LogP contribution in [0.5, 0.6) is 5.75 Å². The van der Waals surface area contributed by atoms with Gasteiger partial charge in [0.1, 0.15) is 12.3 Å². The number of hydrogen-bond acceptors (Lipinski definition) is 7. The second kappa shape index (κ2) is 8.89. The molecule has 0 unspecified atom stereocenters. The summed E-state index contributed by atoms with van der Waals surface area (Å²) in [6, 6.07) is 8.08. The van der Waals surface area contributed by atoms with Crippen LogP contribution in [0.4, 0.5) is 0 Å². The SMILES string of the molecule is COC(=O)c1cc(C)nc2c1c(=O)n(CC(=O)NC(C)(C)C)c(=O)n2-c1ccccc1OC. The van der Waals surface area contributed by atoms with Gasteiger partial charge in [0.15, 0.2) is 5.65 Å². The Morgan fingerprint density at radius 3 is 2.39 bits per heavy atom. The van der Waals surface area contributed by atoms with E-state index in [0.29, 0.717) is 17.1 Å². The number of para-hydroxylation sites is 2. The number of ether oxygens (including phenoxy) is 2. The zero-order valence-electron chi connectivity index (χ0n) is 19.4. The van der Waals surface area contributed by atoms with Crippen molar-refractivity contribution in [1.29, 1.82) is 0 Å². The average molecular weight is 454 g/mol. The summed E-state index contributed by atoms with van der Waals surface area (Å²) < 4.78 is 12.2. The van der Waals surface area contributed by atoms with Gasteiger partial charge in [-0.1, -0.05) is 12.1 Å². The van der Waals surface area contributed by atoms with Gasteiger partial charge in [0, 0.05) is 11.2 Å². The van der Waals surface area contributed by atoms with Crippen LogP contribution in [0.1, 0.15) is 36.8 Å². The Morgan fingerprint density at radius 1 is 1.12 bits per heavy atom. The third kappa shape index (κ3) is 4.64. The molecule has 0 bridgehead atoms. The van der Waals surface area contributed by atoms with Crippen LogP contribution in [0.2, 0.25) is 0 Å². The van der Waals surface area contributed by atoms with Crippen molar-refractivity contribution in [3.05, 3.63) is 62.4 Å². The first-order valence-corrected chi connectivity index (χ1v) is 10.2. The van der Waals surface area contributed by atoms with E-state index in [2.05, 4.69) is 10.3 Å². The van der Waals surface area contributed by atoms with E-state index in [0.717, 1.165) is 4.57 Å². The highest BCUT2D eigenvalue weighted by Gasteiger charge is 2.25. The second-order valence-electron chi connectivity index (χ2n) is 8.48. The molecule has 2 heterocycles. The predicted molar refractivity (Wildman–Crippen MR) is 122 cm³/mol. The molecule has 10 heteroatoms. The van der Waals surface area contributed by atoms with Crippen molar-refractivity contribution in [1.82, 2.24) is 19.4 Å². The first-order valence-electron chi connectivity index (χ1n) is 10.2. The quantitative estimate of drug-likeness (QED) is 0.581. The first-order chi connectivity index (χ1) is 15.5. The lowest BCUT2D eigenvalue weighted by atomic mass is 10.1. The largest absolute Gasteiger partial charge is 0.495 e. The van der Waals surface area contributed by atoms with Gasteiger partial charge in [0.05, 0.1) is 30.9 Å². The summed E-state index contributed by atoms with van der Waals surface area (Å²) in [4.78, 5) is 56.5. The normalized spacial score (nSPS) is 11.3. The zero-order chi connectivity index (χ0) is 24.5. The number of esters is 1. The Hall–Kier alpha value is -3.95. The van der Waals surface area contributed by atoms with Crippen molar-refractivity contribution < 1.29 is 19.1 Å². The lowest BCUT2D eigenvalue weighted by Gasteiger charge is -2.21. The van der Waals surface area contributed by atoms with Crippen molar-refractivity contribution in [2.24, 2.45) is 0 Å². The van der Waals surface area contributed by atoms with Crippen LogP contribution in [-0.4, -0.2) is 45.8 Å². The molecule has 10 nitrogen and oxygen atoms in total. The number of benzene rings is 1. The number of hydrogen-bond donors (Lipinski definition) is 1. The number of amides is 1. The van der Waals surface area contributed by atoms with E-state index >= 15 is 0 Å². The molecule has 1 amide bonds. The van der Waals surface area contributed by atoms with Crippen LogP contribution < -0.4 is 21.3 Å². The monoisotopic (exact) mass is 454 g/mol. The van der Waals surface area contributed by atoms with Gasteiger partial charge in [-0.25, -0.2) is 23.7 Å². The number of nitrogens with one attached hydrogen (secondary N) is 1. The Balaban J connectivity index is 2.47. The van der Waals surface area contributed by atoms with Gasteiger partial charge in [-0.3, -0.25) is 9.59 Å². The topological polar surface area (TPSA) is 122 Å². The Morgan fingerprint density at radius 2 is 1.79 bits per heavy atom. The maximum Gasteiger partial charge on any atom is 0.338 e. The van der Waals surface area contributed by atoms with Gasteiger partial charge in [-0.15, -0.1) is 0 Å². The number of methoxy groups -OCH3 is 2. The van der Waals surface area contributed by atoms with Gasteiger partial charge in [-0.05, 0) is 45.9 Å². The summed E-state index contributed by atoms with van der Waals surface area (Å²) in [6.07, 6.45) is 0. The number of carbonyl (C=O) groups excluding carboxylic acids is 2. The summed E-state index contributed by atoms with van der Waals surface area (Å²) in [5.74, 6) is -0.959. The lowest BCUT2D eigenvalue weighted by Crippen LogP contribution is -2.48. The minimum Gasteiger partial charge on any atom is -0.495 e. The number of rotatable bonds is 5. The molecule has 174 valence electrons. The van der Waals surface area contributed by atoms with Crippen molar-refractivity contribution in [3.8, 4) is 11.4 Å². The molecule has 0 saturated heterocycles. The van der Waals surface area contributed by atoms with E-state index in [1.54, 1.807) is 52.0 Å². The summed E-state index contributed by atoms with van der Waals surface area (Å²) in [7, 11) is 2.63. The smallest absolute Gasteiger partial charge is 0.338 e. The zero-order valence-corrected chi connectivity index (χ0v) is 19.4. The van der Waals surface area contributed by atoms with Crippen LogP contribution in [0.3, 0.4) is 0 Å². The fourth-order valence-electron chi connectivity index (χ4n) is 3.51. The van der Waals surface area contributed by atoms with Gasteiger partial charge < -0.3 is 14.8 Å². The van der Waals surface area contributed by atoms with Gasteiger partial charge >= 0.3 is 11.7 Å². The summed E-state index contributed by atoms with van der Waals surface area (Å²) >= 11 is 0. The highest BCUT2D eigenvalue weighted by atomic mass is 16.5. The Labute approximate surface area is 189 Å². The number of aromatic nitrogens is 3. The fraction of sp³-hybridized carbons (Fsp3) is 0.348. The number of nitrogens with zero attached hydrogens (tertiary/aromatic N) is 3. The van der Waals surface area contributed by atoms with E-state index in [9.17, 15) is 19.2 Å². The van der Waals surface area contributed by atoms with Crippen LogP contribution in [0, 0.1) is 6.92 Å². The van der Waals surface area contributed by atoms with Crippen LogP contribution in [0.25, 0.3) is 16.7 Å². The standard InChI is InChI=1S/C23H26N4O6/c1-13-11-14(21(30)33-6)18-19(24-13)27(15-9-7-8-10-16(15)32-5)22(31)26(20(18)29)12-17(28)25-23(2,3)4/h7-11H,12H2,1-6H3,(H,25,28). The van der Waals surface area contributed by atoms with Gasteiger partial charge in [0.25, 0.3) is 5.56 Å². The molecular weight excluding hydrogens is 428 g/mol. The van der Waals surface area contributed by atoms with Crippen molar-refractivity contribution in [3.63, 3.8) is 0 Å². The molecule has 0 aliphatic heterocycles.